The molecule has 0 aliphatic carbocycles. The average molecular weight is 289 g/mol. The highest BCUT2D eigenvalue weighted by molar-refractivity contribution is 8.03. The maximum atomic E-state index is 6.14. The lowest BCUT2D eigenvalue weighted by Crippen LogP contribution is -1.92. The molecule has 0 radical (unpaired) electrons. The van der Waals surface area contributed by atoms with Crippen molar-refractivity contribution in [2.45, 2.75) is 15.2 Å². The predicted molar refractivity (Wildman–Crippen MR) is 75.2 cm³/mol. The van der Waals surface area contributed by atoms with E-state index in [1.807, 2.05) is 0 Å². The fourth-order valence-corrected chi connectivity index (χ4v) is 2.79. The minimum Gasteiger partial charge on any atom is -0.214 e. The summed E-state index contributed by atoms with van der Waals surface area (Å²) >= 11 is 10.2. The van der Waals surface area contributed by atoms with Gasteiger partial charge in [0.05, 0.1) is 0 Å². The van der Waals surface area contributed by atoms with Gasteiger partial charge in [0, 0.05) is 0 Å². The van der Waals surface area contributed by atoms with Gasteiger partial charge in [-0.05, 0) is 16.2 Å². The third-order valence-corrected chi connectivity index (χ3v) is 3.86. The second-order valence-corrected chi connectivity index (χ2v) is 5.51. The SMILES string of the molecule is C=CSc1nc(SC=C)c(Cl)c(SC=C)n1. The van der Waals surface area contributed by atoms with Crippen LogP contribution < -0.4 is 0 Å². The highest BCUT2D eigenvalue weighted by atomic mass is 35.5. The molecule has 0 spiro atoms. The van der Waals surface area contributed by atoms with E-state index in [-0.39, 0.29) is 0 Å². The van der Waals surface area contributed by atoms with Crippen molar-refractivity contribution < 1.29 is 0 Å². The summed E-state index contributed by atoms with van der Waals surface area (Å²) in [4.78, 5) is 8.57. The second kappa shape index (κ2) is 7.06. The molecule has 6 heteroatoms. The van der Waals surface area contributed by atoms with Crippen LogP contribution in [0, 0.1) is 0 Å². The molecule has 0 amide bonds. The first-order valence-corrected chi connectivity index (χ1v) is 7.14. The Labute approximate surface area is 113 Å². The first-order valence-electron chi connectivity index (χ1n) is 4.13. The van der Waals surface area contributed by atoms with Crippen LogP contribution in [0.3, 0.4) is 0 Å². The van der Waals surface area contributed by atoms with Crippen molar-refractivity contribution in [3.8, 4) is 0 Å². The number of nitrogens with zero attached hydrogens (tertiary/aromatic N) is 2. The van der Waals surface area contributed by atoms with Crippen LogP contribution in [-0.2, 0) is 0 Å². The third-order valence-electron chi connectivity index (χ3n) is 1.35. The van der Waals surface area contributed by atoms with E-state index in [4.69, 9.17) is 11.6 Å². The van der Waals surface area contributed by atoms with Gasteiger partial charge in [-0.2, -0.15) is 0 Å². The van der Waals surface area contributed by atoms with Crippen molar-refractivity contribution in [2.75, 3.05) is 0 Å². The number of hydrogen-bond acceptors (Lipinski definition) is 5. The lowest BCUT2D eigenvalue weighted by Gasteiger charge is -2.06. The Hall–Kier alpha value is -0.360. The number of hydrogen-bond donors (Lipinski definition) is 0. The molecule has 84 valence electrons. The fraction of sp³-hybridized carbons (Fsp3) is 0. The Balaban J connectivity index is 3.19. The van der Waals surface area contributed by atoms with Gasteiger partial charge in [0.15, 0.2) is 5.16 Å². The first kappa shape index (κ1) is 13.7. The van der Waals surface area contributed by atoms with Crippen LogP contribution in [-0.4, -0.2) is 9.97 Å². The molecule has 1 aromatic heterocycles. The zero-order chi connectivity index (χ0) is 12.0. The summed E-state index contributed by atoms with van der Waals surface area (Å²) in [7, 11) is 0. The van der Waals surface area contributed by atoms with E-state index in [0.29, 0.717) is 20.2 Å². The van der Waals surface area contributed by atoms with Crippen molar-refractivity contribution >= 4 is 46.9 Å². The fourth-order valence-electron chi connectivity index (χ4n) is 0.830. The van der Waals surface area contributed by atoms with Gasteiger partial charge in [-0.1, -0.05) is 66.6 Å². The van der Waals surface area contributed by atoms with E-state index in [1.165, 1.54) is 35.3 Å². The summed E-state index contributed by atoms with van der Waals surface area (Å²) < 4.78 is 0. The lowest BCUT2D eigenvalue weighted by atomic mass is 10.7. The molecule has 0 atom stereocenters. The van der Waals surface area contributed by atoms with Gasteiger partial charge in [-0.25, -0.2) is 9.97 Å². The van der Waals surface area contributed by atoms with Crippen LogP contribution in [0.2, 0.25) is 5.02 Å². The summed E-state index contributed by atoms with van der Waals surface area (Å²) in [5.41, 5.74) is 0. The van der Waals surface area contributed by atoms with Crippen molar-refractivity contribution in [1.29, 1.82) is 0 Å². The Morgan fingerprint density at radius 2 is 1.31 bits per heavy atom. The predicted octanol–water partition coefficient (Wildman–Crippen LogP) is 4.84. The molecule has 1 aromatic rings. The summed E-state index contributed by atoms with van der Waals surface area (Å²) in [6, 6.07) is 0. The lowest BCUT2D eigenvalue weighted by molar-refractivity contribution is 0.834. The van der Waals surface area contributed by atoms with Crippen LogP contribution in [0.5, 0.6) is 0 Å². The topological polar surface area (TPSA) is 25.8 Å². The highest BCUT2D eigenvalue weighted by Crippen LogP contribution is 2.35. The molecular weight excluding hydrogens is 280 g/mol. The van der Waals surface area contributed by atoms with E-state index in [9.17, 15) is 0 Å². The number of halogens is 1. The van der Waals surface area contributed by atoms with Gasteiger partial charge in [-0.3, -0.25) is 0 Å². The van der Waals surface area contributed by atoms with E-state index in [0.717, 1.165) is 0 Å². The second-order valence-electron chi connectivity index (χ2n) is 2.28. The van der Waals surface area contributed by atoms with Crippen molar-refractivity contribution in [1.82, 2.24) is 9.97 Å². The minimum absolute atomic E-state index is 0.531. The normalized spacial score (nSPS) is 9.81. The Bertz CT molecular complexity index is 390. The molecule has 1 heterocycles. The van der Waals surface area contributed by atoms with Gasteiger partial charge >= 0.3 is 0 Å². The van der Waals surface area contributed by atoms with Crippen molar-refractivity contribution in [3.05, 3.63) is 41.0 Å². The summed E-state index contributed by atoms with van der Waals surface area (Å²) in [6.07, 6.45) is 0. The maximum Gasteiger partial charge on any atom is 0.194 e. The molecule has 2 nitrogen and oxygen atoms in total. The van der Waals surface area contributed by atoms with Gasteiger partial charge in [-0.15, -0.1) is 0 Å². The zero-order valence-corrected chi connectivity index (χ0v) is 11.6. The summed E-state index contributed by atoms with van der Waals surface area (Å²) in [5.74, 6) is 0. The highest BCUT2D eigenvalue weighted by Gasteiger charge is 2.11. The zero-order valence-electron chi connectivity index (χ0n) is 8.35. The molecule has 16 heavy (non-hydrogen) atoms. The molecule has 0 unspecified atom stereocenters. The van der Waals surface area contributed by atoms with Gasteiger partial charge in [0.2, 0.25) is 0 Å². The molecule has 1 rings (SSSR count). The molecule has 0 aliphatic rings. The van der Waals surface area contributed by atoms with Crippen LogP contribution in [0.1, 0.15) is 0 Å². The van der Waals surface area contributed by atoms with Crippen LogP contribution >= 0.6 is 46.9 Å². The third kappa shape index (κ3) is 3.59. The Kier molecular flexibility index (Phi) is 6.05. The van der Waals surface area contributed by atoms with E-state index in [2.05, 4.69) is 29.7 Å². The van der Waals surface area contributed by atoms with E-state index >= 15 is 0 Å². The molecule has 0 fully saturated rings. The smallest absolute Gasteiger partial charge is 0.194 e. The standard InChI is InChI=1S/C10H9ClN2S3/c1-4-14-8-7(11)9(15-5-2)13-10(12-8)16-6-3/h4-6H,1-3H2. The molecule has 0 aliphatic heterocycles. The molecular formula is C10H9ClN2S3. The number of aromatic nitrogens is 2. The molecule has 0 saturated heterocycles. The molecule has 0 aromatic carbocycles. The average Bonchev–Trinajstić information content (AvgIpc) is 2.26. The Morgan fingerprint density at radius 3 is 1.69 bits per heavy atom. The number of rotatable bonds is 6. The van der Waals surface area contributed by atoms with Gasteiger partial charge in [0.25, 0.3) is 0 Å². The molecule has 0 N–H and O–H groups in total. The van der Waals surface area contributed by atoms with Gasteiger partial charge < -0.3 is 0 Å². The first-order chi connectivity index (χ1) is 7.72. The van der Waals surface area contributed by atoms with Crippen LogP contribution in [0.15, 0.2) is 51.2 Å². The quantitative estimate of drug-likeness (QED) is 0.424. The molecule has 0 bridgehead atoms. The van der Waals surface area contributed by atoms with Crippen LogP contribution in [0.25, 0.3) is 0 Å². The van der Waals surface area contributed by atoms with Crippen LogP contribution in [0.4, 0.5) is 0 Å². The largest absolute Gasteiger partial charge is 0.214 e. The summed E-state index contributed by atoms with van der Waals surface area (Å²) in [5, 5.41) is 7.57. The minimum atomic E-state index is 0.531. The van der Waals surface area contributed by atoms with Crippen molar-refractivity contribution in [2.24, 2.45) is 0 Å². The van der Waals surface area contributed by atoms with E-state index in [1.54, 1.807) is 16.2 Å². The Morgan fingerprint density at radius 1 is 0.875 bits per heavy atom. The maximum absolute atomic E-state index is 6.14. The van der Waals surface area contributed by atoms with Crippen molar-refractivity contribution in [3.63, 3.8) is 0 Å². The number of thioether (sulfide) groups is 3. The molecule has 0 saturated carbocycles. The summed E-state index contributed by atoms with van der Waals surface area (Å²) in [6.45, 7) is 10.9. The monoisotopic (exact) mass is 288 g/mol. The van der Waals surface area contributed by atoms with Gasteiger partial charge in [0.1, 0.15) is 15.1 Å². The van der Waals surface area contributed by atoms with E-state index < -0.39 is 0 Å².